The topological polar surface area (TPSA) is 202 Å². The minimum atomic E-state index is -1.24. The first-order valence-corrected chi connectivity index (χ1v) is 18.4. The van der Waals surface area contributed by atoms with E-state index in [0.717, 1.165) is 22.3 Å². The molecular formula is C42H44ClN7O6. The monoisotopic (exact) mass is 777 g/mol. The van der Waals surface area contributed by atoms with Gasteiger partial charge in [-0.05, 0) is 76.7 Å². The molecule has 0 fully saturated rings. The minimum absolute atomic E-state index is 0.0260. The number of amides is 4. The number of likely N-dealkylation sites (N-methyl/N-ethyl adjacent to an activating group) is 1. The smallest absolute Gasteiger partial charge is 0.247 e. The van der Waals surface area contributed by atoms with Crippen molar-refractivity contribution in [1.82, 2.24) is 20.9 Å². The van der Waals surface area contributed by atoms with Gasteiger partial charge < -0.3 is 41.8 Å². The van der Waals surface area contributed by atoms with Gasteiger partial charge in [-0.3, -0.25) is 19.2 Å². The van der Waals surface area contributed by atoms with Crippen LogP contribution in [0.2, 0.25) is 5.02 Å². The highest BCUT2D eigenvalue weighted by Crippen LogP contribution is 2.40. The number of fused-ring (bicyclic) bond motifs is 5. The Hall–Kier alpha value is -6.20. The Morgan fingerprint density at radius 2 is 1.55 bits per heavy atom. The van der Waals surface area contributed by atoms with Crippen LogP contribution in [0.3, 0.4) is 0 Å². The average Bonchev–Trinajstić information content (AvgIpc) is 3.20. The molecule has 7 N–H and O–H groups in total. The molecule has 1 aliphatic rings. The van der Waals surface area contributed by atoms with Crippen molar-refractivity contribution >= 4 is 41.3 Å². The Kier molecular flexibility index (Phi) is 14.6. The van der Waals surface area contributed by atoms with E-state index in [2.05, 4.69) is 22.0 Å². The molecule has 13 nitrogen and oxygen atoms in total. The van der Waals surface area contributed by atoms with Gasteiger partial charge in [0.1, 0.15) is 30.8 Å². The first-order valence-electron chi connectivity index (χ1n) is 18.0. The second-order valence-electron chi connectivity index (χ2n) is 13.0. The molecule has 1 heterocycles. The van der Waals surface area contributed by atoms with Crippen molar-refractivity contribution in [3.8, 4) is 39.8 Å². The summed E-state index contributed by atoms with van der Waals surface area (Å²) in [5.41, 5.74) is 16.7. The van der Waals surface area contributed by atoms with Gasteiger partial charge in [0.05, 0.1) is 25.6 Å². The molecule has 0 saturated heterocycles. The molecule has 2 atom stereocenters. The number of nitriles is 1. The van der Waals surface area contributed by atoms with Gasteiger partial charge in [-0.25, -0.2) is 0 Å². The number of hydrogen-bond acceptors (Lipinski definition) is 9. The summed E-state index contributed by atoms with van der Waals surface area (Å²) in [7, 11) is 1.44. The zero-order valence-electron chi connectivity index (χ0n) is 30.9. The van der Waals surface area contributed by atoms with Crippen molar-refractivity contribution in [1.29, 1.82) is 5.26 Å². The van der Waals surface area contributed by atoms with Gasteiger partial charge in [-0.1, -0.05) is 60.1 Å². The third kappa shape index (κ3) is 10.9. The van der Waals surface area contributed by atoms with Gasteiger partial charge >= 0.3 is 0 Å². The van der Waals surface area contributed by atoms with E-state index in [1.165, 1.54) is 18.0 Å². The minimum Gasteiger partial charge on any atom is -0.492 e. The Morgan fingerprint density at radius 1 is 0.929 bits per heavy atom. The van der Waals surface area contributed by atoms with Gasteiger partial charge in [0.15, 0.2) is 0 Å². The van der Waals surface area contributed by atoms with Crippen LogP contribution in [0.25, 0.3) is 28.3 Å². The van der Waals surface area contributed by atoms with E-state index >= 15 is 0 Å². The summed E-state index contributed by atoms with van der Waals surface area (Å²) < 4.78 is 12.1. The molecular weight excluding hydrogens is 734 g/mol. The van der Waals surface area contributed by atoms with Gasteiger partial charge in [0.2, 0.25) is 23.6 Å². The summed E-state index contributed by atoms with van der Waals surface area (Å²) in [6.45, 7) is 0.105. The molecule has 1 aliphatic heterocycles. The second-order valence-corrected chi connectivity index (χ2v) is 13.4. The van der Waals surface area contributed by atoms with Crippen molar-refractivity contribution in [3.63, 3.8) is 0 Å². The highest BCUT2D eigenvalue weighted by Gasteiger charge is 2.31. The molecule has 4 amide bonds. The Labute approximate surface area is 330 Å². The molecule has 4 bridgehead atoms. The van der Waals surface area contributed by atoms with Crippen LogP contribution < -0.4 is 36.9 Å². The van der Waals surface area contributed by atoms with Crippen molar-refractivity contribution < 1.29 is 28.7 Å². The maximum atomic E-state index is 13.9. The molecule has 0 saturated carbocycles. The number of rotatable bonds is 13. The Bertz CT molecular complexity index is 2100. The number of hydrogen-bond donors (Lipinski definition) is 5. The lowest BCUT2D eigenvalue weighted by molar-refractivity contribution is -0.139. The predicted octanol–water partition coefficient (Wildman–Crippen LogP) is 3.75. The highest BCUT2D eigenvalue weighted by atomic mass is 35.5. The number of carbonyl (C=O) groups excluding carboxylic acids is 4. The number of carbonyl (C=O) groups is 4. The summed E-state index contributed by atoms with van der Waals surface area (Å²) in [5, 5.41) is 18.2. The fourth-order valence-corrected chi connectivity index (χ4v) is 6.31. The number of nitrogens with one attached hydrogen (secondary N) is 3. The maximum absolute atomic E-state index is 13.9. The normalized spacial score (nSPS) is 15.5. The number of nitrogens with zero attached hydrogens (tertiary/aromatic N) is 2. The summed E-state index contributed by atoms with van der Waals surface area (Å²) in [4.78, 5) is 54.6. The molecule has 0 radical (unpaired) electrons. The van der Waals surface area contributed by atoms with Gasteiger partial charge in [0.25, 0.3) is 0 Å². The first-order chi connectivity index (χ1) is 27.1. The van der Waals surface area contributed by atoms with E-state index in [1.54, 1.807) is 30.3 Å². The molecule has 290 valence electrons. The number of halogens is 1. The molecule has 0 aromatic heterocycles. The van der Waals surface area contributed by atoms with Crippen molar-refractivity contribution in [2.45, 2.75) is 24.9 Å². The van der Waals surface area contributed by atoms with E-state index in [-0.39, 0.29) is 32.7 Å². The van der Waals surface area contributed by atoms with Gasteiger partial charge in [0, 0.05) is 48.4 Å². The highest BCUT2D eigenvalue weighted by molar-refractivity contribution is 6.30. The predicted molar refractivity (Wildman–Crippen MR) is 214 cm³/mol. The second kappa shape index (κ2) is 19.9. The number of ether oxygens (including phenoxy) is 2. The quantitative estimate of drug-likeness (QED) is 0.125. The molecule has 5 rings (SSSR count). The van der Waals surface area contributed by atoms with E-state index in [1.807, 2.05) is 60.7 Å². The summed E-state index contributed by atoms with van der Waals surface area (Å²) in [6, 6.07) is 26.0. The zero-order valence-corrected chi connectivity index (χ0v) is 31.7. The third-order valence-corrected chi connectivity index (χ3v) is 9.22. The van der Waals surface area contributed by atoms with E-state index in [4.69, 9.17) is 32.5 Å². The molecule has 56 heavy (non-hydrogen) atoms. The van der Waals surface area contributed by atoms with Crippen molar-refractivity contribution in [2.75, 3.05) is 46.4 Å². The number of benzene rings is 4. The van der Waals surface area contributed by atoms with E-state index in [9.17, 15) is 24.4 Å². The van der Waals surface area contributed by atoms with Crippen molar-refractivity contribution in [3.05, 3.63) is 113 Å². The molecule has 2 unspecified atom stereocenters. The fourth-order valence-electron chi connectivity index (χ4n) is 6.19. The molecule has 4 aromatic rings. The molecule has 0 spiro atoms. The van der Waals surface area contributed by atoms with E-state index < -0.39 is 48.8 Å². The standard InChI is InChI=1S/C42H44ClN7O6/c1-50(40(53)26-47-38(51)15-5-27-2-6-29(7-3-27)30-8-11-32(43)12-9-30)41-31-10-14-37(56-21-19-46)35(24-31)34-23-28(4-13-36(34)55-20-18-45)22-33(16-17-44)49-39(52)25-48-42(41)54/h2-15,23-24,33,41H,16,18-22,25-26,45-46H2,1H3,(H,47,51)(H,48,54)(H,49,52)/b15-5+. The van der Waals surface area contributed by atoms with E-state index in [0.29, 0.717) is 39.6 Å². The van der Waals surface area contributed by atoms with Gasteiger partial charge in [-0.2, -0.15) is 5.26 Å². The molecule has 14 heteroatoms. The largest absolute Gasteiger partial charge is 0.492 e. The van der Waals surface area contributed by atoms with Gasteiger partial charge in [-0.15, -0.1) is 0 Å². The molecule has 0 aliphatic carbocycles. The van der Waals surface area contributed by atoms with Crippen LogP contribution in [0, 0.1) is 11.3 Å². The maximum Gasteiger partial charge on any atom is 0.247 e. The van der Waals surface area contributed by atoms with Crippen LogP contribution in [-0.2, 0) is 25.6 Å². The zero-order chi connectivity index (χ0) is 40.0. The SMILES string of the molecule is CN(C(=O)CNC(=O)/C=C/c1ccc(-c2ccc(Cl)cc2)cc1)C1C(=O)NCC(=O)NC(CC#N)Cc2ccc(OCCN)c(c2)-c2cc1ccc2OCCN. The molecule has 4 aromatic carbocycles. The number of nitrogens with two attached hydrogens (primary N) is 2. The summed E-state index contributed by atoms with van der Waals surface area (Å²) in [6.07, 6.45) is 3.30. The Balaban J connectivity index is 1.41. The van der Waals surface area contributed by atoms with Crippen LogP contribution >= 0.6 is 11.6 Å². The van der Waals surface area contributed by atoms with Crippen molar-refractivity contribution in [2.24, 2.45) is 11.5 Å². The fraction of sp³-hybridized carbons (Fsp3) is 0.262. The van der Waals surface area contributed by atoms with Crippen LogP contribution in [0.4, 0.5) is 0 Å². The lowest BCUT2D eigenvalue weighted by Crippen LogP contribution is -2.48. The summed E-state index contributed by atoms with van der Waals surface area (Å²) in [5.74, 6) is -1.29. The lowest BCUT2D eigenvalue weighted by atomic mass is 9.93. The van der Waals surface area contributed by atoms with Crippen LogP contribution in [0.15, 0.2) is 91.0 Å². The first kappa shape index (κ1) is 41.0. The van der Waals surface area contributed by atoms with Crippen LogP contribution in [0.1, 0.15) is 29.2 Å². The summed E-state index contributed by atoms with van der Waals surface area (Å²) >= 11 is 6.00. The Morgan fingerprint density at radius 3 is 2.20 bits per heavy atom. The van der Waals surface area contributed by atoms with Crippen LogP contribution in [-0.4, -0.2) is 81.0 Å². The lowest BCUT2D eigenvalue weighted by Gasteiger charge is -2.29. The average molecular weight is 778 g/mol. The third-order valence-electron chi connectivity index (χ3n) is 8.97. The van der Waals surface area contributed by atoms with Crippen LogP contribution in [0.5, 0.6) is 11.5 Å².